The molecule has 0 saturated carbocycles. The Bertz CT molecular complexity index is 636. The van der Waals surface area contributed by atoms with Crippen LogP contribution in [0.5, 0.6) is 0 Å². The van der Waals surface area contributed by atoms with Crippen LogP contribution in [0, 0.1) is 0 Å². The summed E-state index contributed by atoms with van der Waals surface area (Å²) in [4.78, 5) is 18.3. The van der Waals surface area contributed by atoms with Gasteiger partial charge >= 0.3 is 0 Å². The number of halogens is 2. The van der Waals surface area contributed by atoms with Crippen molar-refractivity contribution >= 4 is 51.0 Å². The van der Waals surface area contributed by atoms with Crippen LogP contribution < -0.4 is 4.90 Å². The number of carbonyl (C=O) groups excluding carboxylic acids is 1. The van der Waals surface area contributed by atoms with Gasteiger partial charge in [0.1, 0.15) is 5.82 Å². The molecule has 22 heavy (non-hydrogen) atoms. The van der Waals surface area contributed by atoms with Gasteiger partial charge in [-0.25, -0.2) is 4.98 Å². The maximum Gasteiger partial charge on any atom is 0.238 e. The largest absolute Gasteiger partial charge is 0.296 e. The highest BCUT2D eigenvalue weighted by Crippen LogP contribution is 2.19. The van der Waals surface area contributed by atoms with E-state index in [0.717, 1.165) is 20.8 Å². The van der Waals surface area contributed by atoms with Gasteiger partial charge in [0.25, 0.3) is 0 Å². The number of anilines is 1. The lowest BCUT2D eigenvalue weighted by molar-refractivity contribution is -0.116. The van der Waals surface area contributed by atoms with Crippen LogP contribution in [0.15, 0.2) is 47.1 Å². The molecule has 0 fully saturated rings. The normalized spacial score (nSPS) is 10.5. The van der Waals surface area contributed by atoms with E-state index >= 15 is 0 Å². The summed E-state index contributed by atoms with van der Waals surface area (Å²) in [6.45, 7) is 2.55. The fourth-order valence-electron chi connectivity index (χ4n) is 1.95. The molecule has 0 unspecified atom stereocenters. The van der Waals surface area contributed by atoms with Gasteiger partial charge in [0.05, 0.1) is 5.75 Å². The third kappa shape index (κ3) is 5.00. The minimum Gasteiger partial charge on any atom is -0.296 e. The molecular weight excluding hydrogens is 384 g/mol. The second kappa shape index (κ2) is 8.56. The monoisotopic (exact) mass is 398 g/mol. The molecule has 3 nitrogen and oxygen atoms in total. The van der Waals surface area contributed by atoms with E-state index in [9.17, 15) is 4.79 Å². The molecule has 0 aliphatic carbocycles. The summed E-state index contributed by atoms with van der Waals surface area (Å²) in [5, 5.41) is 0.721. The quantitative estimate of drug-likeness (QED) is 0.700. The van der Waals surface area contributed by atoms with Crippen molar-refractivity contribution in [1.82, 2.24) is 4.98 Å². The van der Waals surface area contributed by atoms with Gasteiger partial charge in [-0.05, 0) is 52.7 Å². The Morgan fingerprint density at radius 2 is 2.18 bits per heavy atom. The van der Waals surface area contributed by atoms with E-state index in [1.54, 1.807) is 22.9 Å². The lowest BCUT2D eigenvalue weighted by Crippen LogP contribution is -2.32. The first-order valence-electron chi connectivity index (χ1n) is 6.84. The molecule has 0 bridgehead atoms. The number of carbonyl (C=O) groups is 1. The number of rotatable bonds is 6. The van der Waals surface area contributed by atoms with Crippen LogP contribution in [-0.2, 0) is 10.5 Å². The maximum absolute atomic E-state index is 12.3. The van der Waals surface area contributed by atoms with Crippen LogP contribution in [0.1, 0.15) is 12.5 Å². The summed E-state index contributed by atoms with van der Waals surface area (Å²) < 4.78 is 0.898. The van der Waals surface area contributed by atoms with Crippen LogP contribution >= 0.6 is 39.3 Å². The maximum atomic E-state index is 12.3. The van der Waals surface area contributed by atoms with E-state index in [0.29, 0.717) is 18.1 Å². The van der Waals surface area contributed by atoms with Crippen molar-refractivity contribution in [3.05, 3.63) is 57.7 Å². The molecule has 2 aromatic rings. The topological polar surface area (TPSA) is 33.2 Å². The van der Waals surface area contributed by atoms with Gasteiger partial charge in [0, 0.05) is 28.0 Å². The third-order valence-corrected chi connectivity index (χ3v) is 4.68. The van der Waals surface area contributed by atoms with Crippen molar-refractivity contribution in [3.63, 3.8) is 0 Å². The van der Waals surface area contributed by atoms with Gasteiger partial charge in [-0.1, -0.05) is 23.7 Å². The number of nitrogens with zero attached hydrogens (tertiary/aromatic N) is 2. The molecule has 0 radical (unpaired) electrons. The molecule has 0 atom stereocenters. The minimum absolute atomic E-state index is 0.0596. The Balaban J connectivity index is 1.91. The fraction of sp³-hybridized carbons (Fsp3) is 0.250. The van der Waals surface area contributed by atoms with Gasteiger partial charge in [-0.2, -0.15) is 0 Å². The van der Waals surface area contributed by atoms with Crippen LogP contribution in [0.25, 0.3) is 0 Å². The summed E-state index contributed by atoms with van der Waals surface area (Å²) in [5.74, 6) is 1.92. The van der Waals surface area contributed by atoms with Crippen molar-refractivity contribution in [2.75, 3.05) is 17.2 Å². The summed E-state index contributed by atoms with van der Waals surface area (Å²) >= 11 is 10.9. The first-order chi connectivity index (χ1) is 10.6. The molecule has 1 aromatic heterocycles. The third-order valence-electron chi connectivity index (χ3n) is 2.99. The van der Waals surface area contributed by atoms with Crippen LogP contribution in [0.2, 0.25) is 5.02 Å². The average Bonchev–Trinajstić information content (AvgIpc) is 2.50. The fourth-order valence-corrected chi connectivity index (χ4v) is 3.25. The van der Waals surface area contributed by atoms with Gasteiger partial charge in [0.2, 0.25) is 5.91 Å². The molecule has 0 N–H and O–H groups in total. The summed E-state index contributed by atoms with van der Waals surface area (Å²) in [6.07, 6.45) is 1.70. The molecule has 0 aliphatic rings. The smallest absolute Gasteiger partial charge is 0.238 e. The second-order valence-corrected chi connectivity index (χ2v) is 6.93. The van der Waals surface area contributed by atoms with Gasteiger partial charge in [-0.3, -0.25) is 9.69 Å². The molecule has 0 aliphatic heterocycles. The number of thioether (sulfide) groups is 1. The van der Waals surface area contributed by atoms with E-state index < -0.39 is 0 Å². The zero-order valence-electron chi connectivity index (χ0n) is 12.1. The SMILES string of the molecule is CCN(C(=O)CSCc1cccc(Cl)c1)c1ccc(Br)cn1. The number of hydrogen-bond acceptors (Lipinski definition) is 3. The second-order valence-electron chi connectivity index (χ2n) is 4.60. The van der Waals surface area contributed by atoms with Crippen LogP contribution in [-0.4, -0.2) is 23.2 Å². The van der Waals surface area contributed by atoms with Crippen molar-refractivity contribution in [2.24, 2.45) is 0 Å². The van der Waals surface area contributed by atoms with E-state index in [1.165, 1.54) is 0 Å². The highest BCUT2D eigenvalue weighted by Gasteiger charge is 2.14. The highest BCUT2D eigenvalue weighted by atomic mass is 79.9. The predicted molar refractivity (Wildman–Crippen MR) is 97.6 cm³/mol. The molecular formula is C16H16BrClN2OS. The summed E-state index contributed by atoms with van der Waals surface area (Å²) in [7, 11) is 0. The lowest BCUT2D eigenvalue weighted by Gasteiger charge is -2.19. The minimum atomic E-state index is 0.0596. The molecule has 2 rings (SSSR count). The summed E-state index contributed by atoms with van der Waals surface area (Å²) in [5.41, 5.74) is 1.12. The number of benzene rings is 1. The van der Waals surface area contributed by atoms with Gasteiger partial charge < -0.3 is 0 Å². The first kappa shape index (κ1) is 17.3. The van der Waals surface area contributed by atoms with Crippen LogP contribution in [0.4, 0.5) is 5.82 Å². The average molecular weight is 400 g/mol. The Labute approximate surface area is 148 Å². The molecule has 1 amide bonds. The number of pyridine rings is 1. The predicted octanol–water partition coefficient (Wildman–Crippen LogP) is 4.78. The summed E-state index contributed by atoms with van der Waals surface area (Å²) in [6, 6.07) is 11.4. The Kier molecular flexibility index (Phi) is 6.73. The zero-order valence-corrected chi connectivity index (χ0v) is 15.3. The molecule has 0 spiro atoms. The van der Waals surface area contributed by atoms with Crippen molar-refractivity contribution in [3.8, 4) is 0 Å². The number of aromatic nitrogens is 1. The van der Waals surface area contributed by atoms with Gasteiger partial charge in [-0.15, -0.1) is 11.8 Å². The molecule has 116 valence electrons. The lowest BCUT2D eigenvalue weighted by atomic mass is 10.2. The molecule has 1 heterocycles. The van der Waals surface area contributed by atoms with E-state index in [2.05, 4.69) is 20.9 Å². The van der Waals surface area contributed by atoms with E-state index in [-0.39, 0.29) is 5.91 Å². The molecule has 6 heteroatoms. The van der Waals surface area contributed by atoms with E-state index in [1.807, 2.05) is 43.3 Å². The number of amides is 1. The standard InChI is InChI=1S/C16H16BrClN2OS/c1-2-20(15-7-6-13(17)9-19-15)16(21)11-22-10-12-4-3-5-14(18)8-12/h3-9H,2,10-11H2,1H3. The van der Waals surface area contributed by atoms with Crippen molar-refractivity contribution in [2.45, 2.75) is 12.7 Å². The Hall–Kier alpha value is -1.04. The molecule has 1 aromatic carbocycles. The van der Waals surface area contributed by atoms with Crippen molar-refractivity contribution < 1.29 is 4.79 Å². The Morgan fingerprint density at radius 1 is 1.36 bits per heavy atom. The molecule has 0 saturated heterocycles. The first-order valence-corrected chi connectivity index (χ1v) is 9.17. The van der Waals surface area contributed by atoms with Gasteiger partial charge in [0.15, 0.2) is 0 Å². The highest BCUT2D eigenvalue weighted by molar-refractivity contribution is 9.10. The van der Waals surface area contributed by atoms with Crippen molar-refractivity contribution in [1.29, 1.82) is 0 Å². The zero-order chi connectivity index (χ0) is 15.9. The Morgan fingerprint density at radius 3 is 2.82 bits per heavy atom. The van der Waals surface area contributed by atoms with Crippen LogP contribution in [0.3, 0.4) is 0 Å². The van der Waals surface area contributed by atoms with E-state index in [4.69, 9.17) is 11.6 Å². The number of hydrogen-bond donors (Lipinski definition) is 0.